The summed E-state index contributed by atoms with van der Waals surface area (Å²) < 4.78 is 28.8. The number of ether oxygens (including phenoxy) is 1. The van der Waals surface area contributed by atoms with E-state index in [9.17, 15) is 14.5 Å². The van der Waals surface area contributed by atoms with E-state index in [4.69, 9.17) is 15.1 Å². The van der Waals surface area contributed by atoms with Crippen LogP contribution in [0.25, 0.3) is 11.2 Å². The molecule has 2 aromatic rings. The number of fused-ring (bicyclic) bond motifs is 1. The van der Waals surface area contributed by atoms with E-state index in [1.165, 1.54) is 17.9 Å². The van der Waals surface area contributed by atoms with Crippen molar-refractivity contribution in [1.82, 2.24) is 24.2 Å². The van der Waals surface area contributed by atoms with Gasteiger partial charge < -0.3 is 24.8 Å². The molecule has 3 atom stereocenters. The molecule has 34 heavy (non-hydrogen) atoms. The molecule has 0 saturated heterocycles. The molecule has 188 valence electrons. The van der Waals surface area contributed by atoms with Gasteiger partial charge in [-0.3, -0.25) is 9.36 Å². The Morgan fingerprint density at radius 2 is 1.94 bits per heavy atom. The van der Waals surface area contributed by atoms with Crippen LogP contribution >= 0.6 is 7.52 Å². The third-order valence-electron chi connectivity index (χ3n) is 5.77. The molecular weight excluding hydrogens is 461 g/mol. The normalized spacial score (nSPS) is 18.1. The van der Waals surface area contributed by atoms with Crippen molar-refractivity contribution in [3.05, 3.63) is 12.7 Å². The molecule has 12 nitrogen and oxygen atoms in total. The average molecular weight is 496 g/mol. The van der Waals surface area contributed by atoms with Gasteiger partial charge in [0, 0.05) is 6.04 Å². The molecule has 13 heteroatoms. The second-order valence-corrected chi connectivity index (χ2v) is 11.0. The zero-order valence-electron chi connectivity index (χ0n) is 20.1. The summed E-state index contributed by atoms with van der Waals surface area (Å²) >= 11 is 0. The van der Waals surface area contributed by atoms with Gasteiger partial charge in [0.15, 0.2) is 11.5 Å². The van der Waals surface area contributed by atoms with Gasteiger partial charge in [0.1, 0.15) is 24.2 Å². The fourth-order valence-corrected chi connectivity index (χ4v) is 6.35. The van der Waals surface area contributed by atoms with Gasteiger partial charge in [-0.15, -0.1) is 0 Å². The fraction of sp³-hybridized carbons (Fsp3) is 0.667. The highest BCUT2D eigenvalue weighted by Gasteiger charge is 2.42. The first-order valence-electron chi connectivity index (χ1n) is 11.5. The van der Waals surface area contributed by atoms with Gasteiger partial charge in [-0.25, -0.2) is 19.6 Å². The first kappa shape index (κ1) is 26.1. The summed E-state index contributed by atoms with van der Waals surface area (Å²) in [6.45, 7) is 7.20. The Balaban J connectivity index is 1.78. The summed E-state index contributed by atoms with van der Waals surface area (Å²) in [6.07, 6.45) is 6.93. The van der Waals surface area contributed by atoms with Gasteiger partial charge in [-0.1, -0.05) is 11.6 Å². The summed E-state index contributed by atoms with van der Waals surface area (Å²) in [5.74, 6) is -0.815. The minimum atomic E-state index is -3.79. The topological polar surface area (TPSA) is 158 Å². The van der Waals surface area contributed by atoms with Crippen molar-refractivity contribution in [2.24, 2.45) is 5.16 Å². The molecule has 0 bridgehead atoms. The van der Waals surface area contributed by atoms with Gasteiger partial charge in [0.2, 0.25) is 0 Å². The van der Waals surface area contributed by atoms with Crippen molar-refractivity contribution in [2.45, 2.75) is 84.5 Å². The zero-order chi connectivity index (χ0) is 24.9. The van der Waals surface area contributed by atoms with Crippen molar-refractivity contribution in [1.29, 1.82) is 0 Å². The van der Waals surface area contributed by atoms with E-state index in [1.807, 2.05) is 6.92 Å². The van der Waals surface area contributed by atoms with Crippen molar-refractivity contribution in [3.63, 3.8) is 0 Å². The highest BCUT2D eigenvalue weighted by molar-refractivity contribution is 7.56. The van der Waals surface area contributed by atoms with Crippen LogP contribution in [-0.4, -0.2) is 65.5 Å². The molecule has 2 heterocycles. The number of hydrogen-bond donors (Lipinski definition) is 2. The Bertz CT molecular complexity index is 1060. The van der Waals surface area contributed by atoms with E-state index in [0.29, 0.717) is 17.7 Å². The molecule has 0 amide bonds. The summed E-state index contributed by atoms with van der Waals surface area (Å²) in [7, 11) is -3.79. The Hall–Kier alpha value is -2.56. The number of nitrogens with zero attached hydrogens (tertiary/aromatic N) is 6. The number of nitrogens with two attached hydrogens (primary N) is 1. The van der Waals surface area contributed by atoms with Crippen molar-refractivity contribution in [3.8, 4) is 0 Å². The minimum absolute atomic E-state index is 0.285. The van der Waals surface area contributed by atoms with E-state index in [2.05, 4.69) is 20.1 Å². The summed E-state index contributed by atoms with van der Waals surface area (Å²) in [6, 6.07) is -1.42. The summed E-state index contributed by atoms with van der Waals surface area (Å²) in [5, 5.41) is 13.8. The lowest BCUT2D eigenvalue weighted by Crippen LogP contribution is -2.42. The lowest BCUT2D eigenvalue weighted by Gasteiger charge is -2.35. The van der Waals surface area contributed by atoms with E-state index < -0.39 is 25.6 Å². The predicted octanol–water partition coefficient (Wildman–Crippen LogP) is 3.48. The second kappa shape index (κ2) is 11.2. The van der Waals surface area contributed by atoms with E-state index in [1.54, 1.807) is 24.7 Å². The molecule has 0 radical (unpaired) electrons. The van der Waals surface area contributed by atoms with E-state index in [-0.39, 0.29) is 18.2 Å². The monoisotopic (exact) mass is 495 g/mol. The van der Waals surface area contributed by atoms with Crippen molar-refractivity contribution >= 4 is 36.2 Å². The molecule has 3 N–H and O–H groups in total. The van der Waals surface area contributed by atoms with Gasteiger partial charge in [-0.2, -0.15) is 0 Å². The predicted molar refractivity (Wildman–Crippen MR) is 128 cm³/mol. The number of nitrogen functional groups attached to an aromatic ring is 1. The maximum atomic E-state index is 14.1. The molecule has 1 fully saturated rings. The number of rotatable bonds is 11. The molecule has 1 unspecified atom stereocenters. The Morgan fingerprint density at radius 1 is 1.24 bits per heavy atom. The molecule has 1 aliphatic carbocycles. The van der Waals surface area contributed by atoms with Crippen LogP contribution < -0.4 is 5.73 Å². The van der Waals surface area contributed by atoms with Crippen LogP contribution in [0.3, 0.4) is 0 Å². The molecule has 0 aromatic carbocycles. The second-order valence-electron chi connectivity index (χ2n) is 8.86. The standard InChI is InChI=1S/C21H34N7O5P/c1-14(2)28(16(4)21(29)30)34(31,33-26-17-8-6-5-7-9-17)13-32-15(3)10-27-12-25-18-19(22)23-11-24-20(18)27/h11-12,14-16H,5-10,13H2,1-4H3,(H,29,30)(H2,22,23,24)/t15-,16+,34?/m1/s1. The highest BCUT2D eigenvalue weighted by atomic mass is 31.2. The van der Waals surface area contributed by atoms with Gasteiger partial charge >= 0.3 is 13.5 Å². The van der Waals surface area contributed by atoms with Crippen LogP contribution in [0.4, 0.5) is 5.82 Å². The van der Waals surface area contributed by atoms with Gasteiger partial charge in [-0.05, 0) is 53.4 Å². The molecule has 0 spiro atoms. The number of imidazole rings is 1. The smallest absolute Gasteiger partial charge is 0.367 e. The number of hydrogen-bond acceptors (Lipinski definition) is 9. The molecule has 0 aliphatic heterocycles. The quantitative estimate of drug-likeness (QED) is 0.349. The molecule has 2 aromatic heterocycles. The SMILES string of the molecule is CC(C)N([C@@H](C)C(=O)O)P(=O)(CO[C@H](C)Cn1cnc2c(N)ncnc21)ON=C1CCCCC1. The van der Waals surface area contributed by atoms with Crippen LogP contribution in [0.2, 0.25) is 0 Å². The van der Waals surface area contributed by atoms with Crippen molar-refractivity contribution < 1.29 is 23.8 Å². The molecule has 1 saturated carbocycles. The number of carboxylic acid groups (broad SMARTS) is 1. The Kier molecular flexibility index (Phi) is 8.62. The highest BCUT2D eigenvalue weighted by Crippen LogP contribution is 2.54. The first-order valence-corrected chi connectivity index (χ1v) is 13.3. The van der Waals surface area contributed by atoms with Crippen LogP contribution in [0.15, 0.2) is 17.8 Å². The largest absolute Gasteiger partial charge is 0.480 e. The fourth-order valence-electron chi connectivity index (χ4n) is 4.06. The maximum absolute atomic E-state index is 14.1. The van der Waals surface area contributed by atoms with Crippen LogP contribution in [0.1, 0.15) is 59.8 Å². The zero-order valence-corrected chi connectivity index (χ0v) is 21.0. The average Bonchev–Trinajstić information content (AvgIpc) is 3.21. The number of aliphatic carboxylic acids is 1. The Labute approximate surface area is 199 Å². The number of carbonyl (C=O) groups is 1. The van der Waals surface area contributed by atoms with Crippen LogP contribution in [0.5, 0.6) is 0 Å². The van der Waals surface area contributed by atoms with E-state index in [0.717, 1.165) is 37.8 Å². The lowest BCUT2D eigenvalue weighted by molar-refractivity contribution is -0.141. The minimum Gasteiger partial charge on any atom is -0.480 e. The lowest BCUT2D eigenvalue weighted by atomic mass is 9.99. The third-order valence-corrected chi connectivity index (χ3v) is 8.09. The van der Waals surface area contributed by atoms with Crippen LogP contribution in [0, 0.1) is 0 Å². The third kappa shape index (κ3) is 6.11. The maximum Gasteiger partial charge on any atom is 0.367 e. The van der Waals surface area contributed by atoms with E-state index >= 15 is 0 Å². The van der Waals surface area contributed by atoms with Gasteiger partial charge in [0.05, 0.1) is 24.7 Å². The number of oxime groups is 1. The summed E-state index contributed by atoms with van der Waals surface area (Å²) in [4.78, 5) is 24.2. The summed E-state index contributed by atoms with van der Waals surface area (Å²) in [5.41, 5.74) is 7.75. The number of anilines is 1. The molecular formula is C21H34N7O5P. The molecule has 1 aliphatic rings. The number of carboxylic acids is 1. The van der Waals surface area contributed by atoms with Gasteiger partial charge in [0.25, 0.3) is 0 Å². The van der Waals surface area contributed by atoms with Crippen molar-refractivity contribution in [2.75, 3.05) is 12.1 Å². The van der Waals surface area contributed by atoms with Crippen LogP contribution in [-0.2, 0) is 25.3 Å². The Morgan fingerprint density at radius 3 is 2.59 bits per heavy atom. The number of aromatic nitrogens is 4. The molecule has 3 rings (SSSR count). The first-order chi connectivity index (χ1) is 16.1.